The second kappa shape index (κ2) is 10.9. The molecule has 0 saturated carbocycles. The predicted octanol–water partition coefficient (Wildman–Crippen LogP) is 13.4. The Morgan fingerprint density at radius 1 is 0.241 bits per heavy atom. The molecule has 0 radical (unpaired) electrons. The van der Waals surface area contributed by atoms with Gasteiger partial charge in [0.05, 0.1) is 10.8 Å². The van der Waals surface area contributed by atoms with Crippen molar-refractivity contribution in [3.05, 3.63) is 251 Å². The molecule has 0 heteroatoms. The molecule has 0 heterocycles. The van der Waals surface area contributed by atoms with Gasteiger partial charge >= 0.3 is 0 Å². The van der Waals surface area contributed by atoms with E-state index in [-0.39, 0.29) is 0 Å². The molecule has 250 valence electrons. The second-order valence-electron chi connectivity index (χ2n) is 15.1. The molecule has 10 aromatic carbocycles. The van der Waals surface area contributed by atoms with E-state index in [1.807, 2.05) is 0 Å². The molecule has 0 aromatic heterocycles. The van der Waals surface area contributed by atoms with Crippen molar-refractivity contribution >= 4 is 43.1 Å². The van der Waals surface area contributed by atoms with Crippen molar-refractivity contribution in [1.82, 2.24) is 0 Å². The van der Waals surface area contributed by atoms with Crippen molar-refractivity contribution in [3.8, 4) is 11.1 Å². The topological polar surface area (TPSA) is 0 Å². The Labute approximate surface area is 314 Å². The lowest BCUT2D eigenvalue weighted by atomic mass is 9.53. The van der Waals surface area contributed by atoms with Crippen LogP contribution in [0.1, 0.15) is 44.5 Å². The number of hydrogen-bond donors (Lipinski definition) is 0. The number of hydrogen-bond acceptors (Lipinski definition) is 0. The summed E-state index contributed by atoms with van der Waals surface area (Å²) in [5, 5.41) is 10.4. The summed E-state index contributed by atoms with van der Waals surface area (Å²) in [6.45, 7) is 0. The first kappa shape index (κ1) is 29.8. The van der Waals surface area contributed by atoms with E-state index in [4.69, 9.17) is 0 Å². The van der Waals surface area contributed by atoms with Gasteiger partial charge in [-0.15, -0.1) is 0 Å². The third kappa shape index (κ3) is 3.58. The summed E-state index contributed by atoms with van der Waals surface area (Å²) >= 11 is 0. The van der Waals surface area contributed by atoms with Crippen molar-refractivity contribution < 1.29 is 0 Å². The van der Waals surface area contributed by atoms with Gasteiger partial charge < -0.3 is 0 Å². The summed E-state index contributed by atoms with van der Waals surface area (Å²) < 4.78 is 0. The number of rotatable bonds is 4. The molecule has 0 spiro atoms. The van der Waals surface area contributed by atoms with Crippen LogP contribution in [0, 0.1) is 0 Å². The fourth-order valence-electron chi connectivity index (χ4n) is 10.8. The largest absolute Gasteiger partial charge is 0.0714 e. The van der Waals surface area contributed by atoms with Gasteiger partial charge in [0.1, 0.15) is 0 Å². The van der Waals surface area contributed by atoms with Crippen LogP contribution in [0.5, 0.6) is 0 Å². The van der Waals surface area contributed by atoms with Gasteiger partial charge in [0, 0.05) is 0 Å². The van der Waals surface area contributed by atoms with E-state index in [1.165, 1.54) is 98.7 Å². The third-order valence-corrected chi connectivity index (χ3v) is 12.7. The standard InChI is InChI=1S/C54H34/c1-5-19-37(20-6-1)53(38-21-7-2-8-22-38)45-31-29-44-42-28-16-14-18-36(42)34-48-50(44)51(45)52-46(32-30-43-41-27-15-13-17-35(41)33-47(53)49(43)52)54(48,39-23-9-3-10-24-39)40-25-11-4-12-26-40/h1-34H. The molecular weight excluding hydrogens is 649 g/mol. The van der Waals surface area contributed by atoms with Crippen molar-refractivity contribution in [1.29, 1.82) is 0 Å². The zero-order valence-corrected chi connectivity index (χ0v) is 29.6. The van der Waals surface area contributed by atoms with Crippen LogP contribution in [-0.2, 0) is 10.8 Å². The fraction of sp³-hybridized carbons (Fsp3) is 0.0370. The van der Waals surface area contributed by atoms with Gasteiger partial charge in [-0.2, -0.15) is 0 Å². The first-order valence-electron chi connectivity index (χ1n) is 19.0. The summed E-state index contributed by atoms with van der Waals surface area (Å²) in [6.07, 6.45) is 0. The second-order valence-corrected chi connectivity index (χ2v) is 15.1. The highest BCUT2D eigenvalue weighted by atomic mass is 14.5. The molecular formula is C54H34. The fourth-order valence-corrected chi connectivity index (χ4v) is 10.8. The molecule has 0 nitrogen and oxygen atoms in total. The van der Waals surface area contributed by atoms with E-state index in [2.05, 4.69) is 206 Å². The zero-order valence-electron chi connectivity index (χ0n) is 29.6. The molecule has 12 rings (SSSR count). The molecule has 0 saturated heterocycles. The highest BCUT2D eigenvalue weighted by Crippen LogP contribution is 2.65. The number of benzene rings is 10. The average molecular weight is 683 g/mol. The molecule has 0 N–H and O–H groups in total. The Morgan fingerprint density at radius 2 is 0.556 bits per heavy atom. The van der Waals surface area contributed by atoms with Crippen LogP contribution < -0.4 is 0 Å². The Hall–Kier alpha value is -6.76. The van der Waals surface area contributed by atoms with Crippen LogP contribution in [0.2, 0.25) is 0 Å². The van der Waals surface area contributed by atoms with Crippen LogP contribution in [-0.4, -0.2) is 0 Å². The minimum atomic E-state index is -0.567. The van der Waals surface area contributed by atoms with E-state index >= 15 is 0 Å². The van der Waals surface area contributed by atoms with Crippen LogP contribution in [0.25, 0.3) is 54.2 Å². The van der Waals surface area contributed by atoms with Gasteiger partial charge in [-0.3, -0.25) is 0 Å². The van der Waals surface area contributed by atoms with Crippen LogP contribution in [0.4, 0.5) is 0 Å². The molecule has 0 bridgehead atoms. The van der Waals surface area contributed by atoms with Gasteiger partial charge in [-0.05, 0) is 111 Å². The normalized spacial score (nSPS) is 14.6. The minimum Gasteiger partial charge on any atom is -0.0622 e. The summed E-state index contributed by atoms with van der Waals surface area (Å²) in [5.74, 6) is 0. The maximum atomic E-state index is 2.52. The molecule has 0 fully saturated rings. The molecule has 10 aromatic rings. The lowest BCUT2D eigenvalue weighted by molar-refractivity contribution is 0.730. The van der Waals surface area contributed by atoms with Gasteiger partial charge in [0.25, 0.3) is 0 Å². The third-order valence-electron chi connectivity index (χ3n) is 12.7. The molecule has 54 heavy (non-hydrogen) atoms. The van der Waals surface area contributed by atoms with Crippen LogP contribution >= 0.6 is 0 Å². The molecule has 2 aliphatic carbocycles. The van der Waals surface area contributed by atoms with Gasteiger partial charge in [-0.25, -0.2) is 0 Å². The van der Waals surface area contributed by atoms with E-state index in [1.54, 1.807) is 0 Å². The van der Waals surface area contributed by atoms with Gasteiger partial charge in [0.15, 0.2) is 0 Å². The molecule has 0 atom stereocenters. The first-order valence-corrected chi connectivity index (χ1v) is 19.0. The first-order chi connectivity index (χ1) is 26.8. The van der Waals surface area contributed by atoms with E-state index < -0.39 is 10.8 Å². The SMILES string of the molecule is c1ccc(C2(c3ccccc3)c3ccc4c5c(cc6ccccc64)C(c4ccccc4)(c4ccccc4)c4ccc6c(c2cc2ccccc26)c4-c35)cc1. The molecule has 2 aliphatic rings. The highest BCUT2D eigenvalue weighted by molar-refractivity contribution is 6.25. The number of fused-ring (bicyclic) bond motifs is 4. The van der Waals surface area contributed by atoms with Gasteiger partial charge in [0.2, 0.25) is 0 Å². The van der Waals surface area contributed by atoms with E-state index in [9.17, 15) is 0 Å². The Kier molecular flexibility index (Phi) is 6.00. The summed E-state index contributed by atoms with van der Waals surface area (Å²) in [7, 11) is 0. The van der Waals surface area contributed by atoms with Crippen molar-refractivity contribution in [3.63, 3.8) is 0 Å². The van der Waals surface area contributed by atoms with Gasteiger partial charge in [-0.1, -0.05) is 194 Å². The zero-order chi connectivity index (χ0) is 35.4. The Bertz CT molecular complexity index is 2830. The maximum Gasteiger partial charge on any atom is 0.0714 e. The molecule has 0 aliphatic heterocycles. The summed E-state index contributed by atoms with van der Waals surface area (Å²) in [5.41, 5.74) is 12.1. The maximum absolute atomic E-state index is 2.52. The van der Waals surface area contributed by atoms with Crippen LogP contribution in [0.3, 0.4) is 0 Å². The lowest BCUT2D eigenvalue weighted by Gasteiger charge is -2.48. The molecule has 0 unspecified atom stereocenters. The Morgan fingerprint density at radius 3 is 0.907 bits per heavy atom. The quantitative estimate of drug-likeness (QED) is 0.162. The molecule has 0 amide bonds. The Balaban J connectivity index is 1.43. The minimum absolute atomic E-state index is 0.567. The average Bonchev–Trinajstić information content (AvgIpc) is 3.25. The highest BCUT2D eigenvalue weighted by Gasteiger charge is 2.51. The summed E-state index contributed by atoms with van der Waals surface area (Å²) in [4.78, 5) is 0. The predicted molar refractivity (Wildman–Crippen MR) is 226 cm³/mol. The smallest absolute Gasteiger partial charge is 0.0622 e. The van der Waals surface area contributed by atoms with Crippen LogP contribution in [0.15, 0.2) is 206 Å². The van der Waals surface area contributed by atoms with Crippen molar-refractivity contribution in [2.45, 2.75) is 10.8 Å². The summed E-state index contributed by atoms with van der Waals surface area (Å²) in [6, 6.07) is 78.0. The van der Waals surface area contributed by atoms with Crippen molar-refractivity contribution in [2.75, 3.05) is 0 Å². The van der Waals surface area contributed by atoms with E-state index in [0.29, 0.717) is 0 Å². The van der Waals surface area contributed by atoms with Crippen molar-refractivity contribution in [2.24, 2.45) is 0 Å². The van der Waals surface area contributed by atoms with E-state index in [0.717, 1.165) is 0 Å². The monoisotopic (exact) mass is 682 g/mol. The lowest BCUT2D eigenvalue weighted by Crippen LogP contribution is -2.38.